The zero-order chi connectivity index (χ0) is 12.9. The molecule has 1 nitrogen and oxygen atoms in total. The van der Waals surface area contributed by atoms with Gasteiger partial charge < -0.3 is 5.32 Å². The topological polar surface area (TPSA) is 16.6 Å². The monoisotopic (exact) mass is 276 g/mol. The molecule has 4 saturated carbocycles. The summed E-state index contributed by atoms with van der Waals surface area (Å²) in [4.78, 5) is 0. The number of quaternary nitrogens is 1. The van der Waals surface area contributed by atoms with Gasteiger partial charge in [-0.3, -0.25) is 0 Å². The second-order valence-electron chi connectivity index (χ2n) is 7.64. The number of hydrogen-bond acceptors (Lipinski definition) is 1. The molecule has 4 bridgehead atoms. The van der Waals surface area contributed by atoms with Crippen molar-refractivity contribution in [2.45, 2.75) is 58.0 Å². The molecule has 2 N–H and O–H groups in total. The zero-order valence-corrected chi connectivity index (χ0v) is 12.8. The van der Waals surface area contributed by atoms with E-state index in [9.17, 15) is 0 Å². The van der Waals surface area contributed by atoms with E-state index >= 15 is 0 Å². The number of hydrogen-bond donors (Lipinski definition) is 1. The molecule has 0 unspecified atom stereocenters. The van der Waals surface area contributed by atoms with Crippen molar-refractivity contribution in [2.24, 2.45) is 23.2 Å². The van der Waals surface area contributed by atoms with Crippen molar-refractivity contribution in [3.8, 4) is 0 Å². The van der Waals surface area contributed by atoms with Crippen molar-refractivity contribution >= 4 is 11.3 Å². The van der Waals surface area contributed by atoms with Gasteiger partial charge in [-0.1, -0.05) is 0 Å². The first-order valence-corrected chi connectivity index (χ1v) is 9.02. The highest BCUT2D eigenvalue weighted by Gasteiger charge is 2.54. The third kappa shape index (κ3) is 2.17. The molecule has 5 rings (SSSR count). The maximum absolute atomic E-state index is 2.63. The highest BCUT2D eigenvalue weighted by Crippen LogP contribution is 2.60. The average Bonchev–Trinajstić information content (AvgIpc) is 2.87. The number of rotatable bonds is 4. The molecular formula is C17H26NS+. The van der Waals surface area contributed by atoms with E-state index in [1.807, 2.05) is 11.3 Å². The molecule has 1 atom stereocenters. The van der Waals surface area contributed by atoms with E-state index in [1.54, 1.807) is 38.5 Å². The number of thiophene rings is 1. The Morgan fingerprint density at radius 1 is 1.21 bits per heavy atom. The smallest absolute Gasteiger partial charge is 0.102 e. The molecule has 1 aromatic heterocycles. The first kappa shape index (κ1) is 12.4. The Bertz CT molecular complexity index is 401. The van der Waals surface area contributed by atoms with E-state index in [0.29, 0.717) is 5.41 Å². The van der Waals surface area contributed by atoms with Gasteiger partial charge in [-0.2, -0.15) is 11.3 Å². The zero-order valence-electron chi connectivity index (χ0n) is 12.0. The predicted molar refractivity (Wildman–Crippen MR) is 80.0 cm³/mol. The minimum atomic E-state index is 0.699. The summed E-state index contributed by atoms with van der Waals surface area (Å²) in [6, 6.07) is 3.11. The third-order valence-corrected chi connectivity index (χ3v) is 7.07. The van der Waals surface area contributed by atoms with E-state index in [4.69, 9.17) is 0 Å². The second-order valence-corrected chi connectivity index (χ2v) is 8.42. The summed E-state index contributed by atoms with van der Waals surface area (Å²) in [6.45, 7) is 3.70. The third-order valence-electron chi connectivity index (χ3n) is 6.34. The van der Waals surface area contributed by atoms with Crippen molar-refractivity contribution in [1.29, 1.82) is 0 Å². The molecule has 0 spiro atoms. The van der Waals surface area contributed by atoms with Gasteiger partial charge >= 0.3 is 0 Å². The SMILES string of the molecule is C[C@H]([NH2+]Cc1ccsc1)C12CC3CC(CC(C3)C1)C2. The van der Waals surface area contributed by atoms with Gasteiger partial charge in [0.1, 0.15) is 6.54 Å². The van der Waals surface area contributed by atoms with Gasteiger partial charge in [-0.15, -0.1) is 0 Å². The normalized spacial score (nSPS) is 41.6. The highest BCUT2D eigenvalue weighted by molar-refractivity contribution is 7.07. The van der Waals surface area contributed by atoms with Crippen molar-refractivity contribution < 1.29 is 5.32 Å². The van der Waals surface area contributed by atoms with Gasteiger partial charge in [0.05, 0.1) is 6.04 Å². The lowest BCUT2D eigenvalue weighted by atomic mass is 9.48. The molecular weight excluding hydrogens is 250 g/mol. The highest BCUT2D eigenvalue weighted by atomic mass is 32.1. The Morgan fingerprint density at radius 2 is 1.84 bits per heavy atom. The van der Waals surface area contributed by atoms with Gasteiger partial charge in [-0.05, 0) is 80.0 Å². The lowest BCUT2D eigenvalue weighted by molar-refractivity contribution is -0.717. The van der Waals surface area contributed by atoms with Crippen LogP contribution in [0.2, 0.25) is 0 Å². The summed E-state index contributed by atoms with van der Waals surface area (Å²) in [7, 11) is 0. The molecule has 19 heavy (non-hydrogen) atoms. The fraction of sp³-hybridized carbons (Fsp3) is 0.765. The van der Waals surface area contributed by atoms with Crippen LogP contribution >= 0.6 is 11.3 Å². The molecule has 1 aromatic rings. The summed E-state index contributed by atoms with van der Waals surface area (Å²) >= 11 is 1.83. The molecule has 0 amide bonds. The van der Waals surface area contributed by atoms with Gasteiger partial charge in [0.2, 0.25) is 0 Å². The number of nitrogens with two attached hydrogens (primary N) is 1. The fourth-order valence-corrected chi connectivity index (χ4v) is 6.39. The Labute approximate surface area is 120 Å². The Morgan fingerprint density at radius 3 is 2.37 bits per heavy atom. The Balaban J connectivity index is 1.45. The molecule has 0 aromatic carbocycles. The summed E-state index contributed by atoms with van der Waals surface area (Å²) < 4.78 is 0. The van der Waals surface area contributed by atoms with Gasteiger partial charge in [0.15, 0.2) is 0 Å². The molecule has 4 fully saturated rings. The largest absolute Gasteiger partial charge is 0.340 e. The van der Waals surface area contributed by atoms with Crippen LogP contribution in [0.25, 0.3) is 0 Å². The predicted octanol–water partition coefficient (Wildman–Crippen LogP) is 3.42. The van der Waals surface area contributed by atoms with Gasteiger partial charge in [0.25, 0.3) is 0 Å². The van der Waals surface area contributed by atoms with Crippen molar-refractivity contribution in [3.63, 3.8) is 0 Å². The average molecular weight is 276 g/mol. The maximum Gasteiger partial charge on any atom is 0.102 e. The fourth-order valence-electron chi connectivity index (χ4n) is 5.71. The summed E-state index contributed by atoms with van der Waals surface area (Å²) in [5, 5.41) is 7.15. The summed E-state index contributed by atoms with van der Waals surface area (Å²) in [5.74, 6) is 3.26. The molecule has 4 aliphatic carbocycles. The van der Waals surface area contributed by atoms with E-state index < -0.39 is 0 Å². The minimum Gasteiger partial charge on any atom is -0.340 e. The van der Waals surface area contributed by atoms with Crippen molar-refractivity contribution in [2.75, 3.05) is 0 Å². The maximum atomic E-state index is 2.63. The quantitative estimate of drug-likeness (QED) is 0.868. The molecule has 0 aliphatic heterocycles. The van der Waals surface area contributed by atoms with Crippen LogP contribution in [-0.4, -0.2) is 6.04 Å². The van der Waals surface area contributed by atoms with Crippen molar-refractivity contribution in [1.82, 2.24) is 0 Å². The molecule has 104 valence electrons. The van der Waals surface area contributed by atoms with Crippen LogP contribution in [0.5, 0.6) is 0 Å². The molecule has 4 aliphatic rings. The van der Waals surface area contributed by atoms with E-state index in [0.717, 1.165) is 23.8 Å². The van der Waals surface area contributed by atoms with Crippen LogP contribution < -0.4 is 5.32 Å². The van der Waals surface area contributed by atoms with E-state index in [2.05, 4.69) is 29.1 Å². The molecule has 2 heteroatoms. The summed E-state index contributed by atoms with van der Waals surface area (Å²) in [6.07, 6.45) is 9.32. The van der Waals surface area contributed by atoms with Crippen LogP contribution in [0.4, 0.5) is 0 Å². The molecule has 1 heterocycles. The van der Waals surface area contributed by atoms with Crippen LogP contribution in [0.15, 0.2) is 16.8 Å². The van der Waals surface area contributed by atoms with E-state index in [1.165, 1.54) is 12.1 Å². The second kappa shape index (κ2) is 4.60. The lowest BCUT2D eigenvalue weighted by Crippen LogP contribution is -2.91. The van der Waals surface area contributed by atoms with Gasteiger partial charge in [-0.25, -0.2) is 0 Å². The Hall–Kier alpha value is -0.340. The first-order valence-electron chi connectivity index (χ1n) is 8.08. The lowest BCUT2D eigenvalue weighted by Gasteiger charge is -2.57. The van der Waals surface area contributed by atoms with Crippen LogP contribution in [0.3, 0.4) is 0 Å². The summed E-state index contributed by atoms with van der Waals surface area (Å²) in [5.41, 5.74) is 2.21. The standard InChI is InChI=1S/C17H25NS/c1-12(18-10-13-2-3-19-11-13)17-7-14-4-15(8-17)6-16(5-14)9-17/h2-3,11-12,14-16,18H,4-10H2,1H3/p+1/t12-,14?,15?,16?,17?/m0/s1. The van der Waals surface area contributed by atoms with E-state index in [-0.39, 0.29) is 0 Å². The van der Waals surface area contributed by atoms with Gasteiger partial charge in [0, 0.05) is 11.0 Å². The van der Waals surface area contributed by atoms with Crippen molar-refractivity contribution in [3.05, 3.63) is 22.4 Å². The van der Waals surface area contributed by atoms with Crippen LogP contribution in [-0.2, 0) is 6.54 Å². The molecule has 0 saturated heterocycles. The first-order chi connectivity index (χ1) is 9.23. The molecule has 0 radical (unpaired) electrons. The Kier molecular flexibility index (Phi) is 3.00. The van der Waals surface area contributed by atoms with Crippen LogP contribution in [0, 0.1) is 23.2 Å². The minimum absolute atomic E-state index is 0.699. The van der Waals surface area contributed by atoms with Crippen LogP contribution in [0.1, 0.15) is 51.0 Å².